The Morgan fingerprint density at radius 1 is 1.40 bits per heavy atom. The van der Waals surface area contributed by atoms with Crippen LogP contribution in [-0.4, -0.2) is 12.4 Å². The molecular formula is C11H13BrN2O. The Hall–Kier alpha value is -1.29. The molecule has 2 N–H and O–H groups in total. The molecule has 0 amide bonds. The molecule has 15 heavy (non-hydrogen) atoms. The van der Waals surface area contributed by atoms with Crippen LogP contribution in [-0.2, 0) is 11.3 Å². The van der Waals surface area contributed by atoms with Gasteiger partial charge in [-0.2, -0.15) is 0 Å². The number of benzene rings is 1. The van der Waals surface area contributed by atoms with E-state index in [0.717, 1.165) is 10.0 Å². The van der Waals surface area contributed by atoms with Crippen molar-refractivity contribution >= 4 is 21.8 Å². The highest BCUT2D eigenvalue weighted by Crippen LogP contribution is 2.02. The first-order valence-corrected chi connectivity index (χ1v) is 5.29. The van der Waals surface area contributed by atoms with Gasteiger partial charge in [-0.05, 0) is 5.56 Å². The van der Waals surface area contributed by atoms with Crippen LogP contribution in [0.5, 0.6) is 0 Å². The van der Waals surface area contributed by atoms with E-state index in [1.165, 1.54) is 0 Å². The molecule has 0 aliphatic carbocycles. The molecule has 4 heteroatoms. The van der Waals surface area contributed by atoms with Crippen LogP contribution in [0.2, 0.25) is 0 Å². The minimum Gasteiger partial charge on any atom is -0.389 e. The summed E-state index contributed by atoms with van der Waals surface area (Å²) in [6.45, 7) is 3.95. The van der Waals surface area contributed by atoms with E-state index in [9.17, 15) is 0 Å². The summed E-state index contributed by atoms with van der Waals surface area (Å²) < 4.78 is 0.735. The molecule has 0 saturated heterocycles. The van der Waals surface area contributed by atoms with Crippen LogP contribution in [0.3, 0.4) is 0 Å². The van der Waals surface area contributed by atoms with Crippen molar-refractivity contribution in [2.75, 3.05) is 6.61 Å². The number of oxime groups is 1. The van der Waals surface area contributed by atoms with Crippen LogP contribution >= 0.6 is 15.9 Å². The molecule has 0 heterocycles. The fourth-order valence-electron chi connectivity index (χ4n) is 1.02. The molecule has 0 spiro atoms. The third-order valence-electron chi connectivity index (χ3n) is 1.63. The zero-order valence-electron chi connectivity index (χ0n) is 8.32. The van der Waals surface area contributed by atoms with Crippen molar-refractivity contribution in [3.63, 3.8) is 0 Å². The van der Waals surface area contributed by atoms with Crippen LogP contribution in [0.25, 0.3) is 0 Å². The Morgan fingerprint density at radius 3 is 2.67 bits per heavy atom. The van der Waals surface area contributed by atoms with Gasteiger partial charge in [-0.1, -0.05) is 58.0 Å². The molecule has 1 aromatic carbocycles. The molecule has 0 aromatic heterocycles. The van der Waals surface area contributed by atoms with E-state index >= 15 is 0 Å². The Kier molecular flexibility index (Phi) is 4.90. The van der Waals surface area contributed by atoms with Crippen molar-refractivity contribution in [3.8, 4) is 0 Å². The first kappa shape index (κ1) is 11.8. The summed E-state index contributed by atoms with van der Waals surface area (Å²) in [5.41, 5.74) is 6.78. The first-order chi connectivity index (χ1) is 7.18. The van der Waals surface area contributed by atoms with Crippen molar-refractivity contribution in [1.29, 1.82) is 0 Å². The minimum absolute atomic E-state index is 0.329. The second kappa shape index (κ2) is 6.24. The number of nitrogens with two attached hydrogens (primary N) is 1. The van der Waals surface area contributed by atoms with Crippen LogP contribution in [0.1, 0.15) is 5.56 Å². The third kappa shape index (κ3) is 5.22. The van der Waals surface area contributed by atoms with Crippen LogP contribution in [0.4, 0.5) is 0 Å². The standard InChI is InChI=1S/C11H13BrN2O/c1-9(12)8-15-14-11(13)7-10-5-3-2-4-6-10/h2-6H,1,7-8H2,(H2,13,14). The number of hydrogen-bond acceptors (Lipinski definition) is 2. The van der Waals surface area contributed by atoms with Crippen LogP contribution in [0, 0.1) is 0 Å². The number of nitrogens with zero attached hydrogens (tertiary/aromatic N) is 1. The molecule has 0 radical (unpaired) electrons. The molecule has 0 fully saturated rings. The van der Waals surface area contributed by atoms with E-state index in [1.54, 1.807) is 0 Å². The number of halogens is 1. The minimum atomic E-state index is 0.329. The maximum Gasteiger partial charge on any atom is 0.148 e. The van der Waals surface area contributed by atoms with Gasteiger partial charge < -0.3 is 10.6 Å². The molecule has 1 aromatic rings. The predicted octanol–water partition coefficient (Wildman–Crippen LogP) is 2.43. The molecule has 0 bridgehead atoms. The van der Waals surface area contributed by atoms with Gasteiger partial charge >= 0.3 is 0 Å². The summed E-state index contributed by atoms with van der Waals surface area (Å²) in [4.78, 5) is 4.95. The largest absolute Gasteiger partial charge is 0.389 e. The van der Waals surface area contributed by atoms with Crippen LogP contribution < -0.4 is 5.73 Å². The lowest BCUT2D eigenvalue weighted by molar-refractivity contribution is 0.172. The summed E-state index contributed by atoms with van der Waals surface area (Å²) in [6, 6.07) is 9.87. The highest BCUT2D eigenvalue weighted by Gasteiger charge is 1.96. The highest BCUT2D eigenvalue weighted by atomic mass is 79.9. The van der Waals surface area contributed by atoms with E-state index in [4.69, 9.17) is 10.6 Å². The smallest absolute Gasteiger partial charge is 0.148 e. The predicted molar refractivity (Wildman–Crippen MR) is 65.8 cm³/mol. The van der Waals surface area contributed by atoms with Crippen molar-refractivity contribution in [1.82, 2.24) is 0 Å². The van der Waals surface area contributed by atoms with E-state index in [0.29, 0.717) is 18.9 Å². The molecule has 3 nitrogen and oxygen atoms in total. The molecule has 0 unspecified atom stereocenters. The van der Waals surface area contributed by atoms with Crippen molar-refractivity contribution in [2.24, 2.45) is 10.9 Å². The summed E-state index contributed by atoms with van der Waals surface area (Å²) in [6.07, 6.45) is 0.593. The normalized spacial score (nSPS) is 11.1. The van der Waals surface area contributed by atoms with Gasteiger partial charge in [0.1, 0.15) is 12.4 Å². The van der Waals surface area contributed by atoms with Gasteiger partial charge in [-0.15, -0.1) is 0 Å². The highest BCUT2D eigenvalue weighted by molar-refractivity contribution is 9.11. The molecule has 0 aliphatic heterocycles. The Morgan fingerprint density at radius 2 is 2.07 bits per heavy atom. The number of hydrogen-bond donors (Lipinski definition) is 1. The van der Waals surface area contributed by atoms with Gasteiger partial charge in [0.05, 0.1) is 0 Å². The topological polar surface area (TPSA) is 47.6 Å². The SMILES string of the molecule is C=C(Br)CO/N=C(\N)Cc1ccccc1. The zero-order valence-corrected chi connectivity index (χ0v) is 9.90. The van der Waals surface area contributed by atoms with Gasteiger partial charge in [0.15, 0.2) is 0 Å². The second-order valence-electron chi connectivity index (χ2n) is 3.04. The molecule has 0 saturated carbocycles. The van der Waals surface area contributed by atoms with Gasteiger partial charge in [0.2, 0.25) is 0 Å². The Labute approximate surface area is 97.7 Å². The average Bonchev–Trinajstić information content (AvgIpc) is 2.18. The first-order valence-electron chi connectivity index (χ1n) is 4.50. The Bertz CT molecular complexity index is 349. The lowest BCUT2D eigenvalue weighted by atomic mass is 10.1. The lowest BCUT2D eigenvalue weighted by Gasteiger charge is -2.01. The summed E-state index contributed by atoms with van der Waals surface area (Å²) in [5, 5.41) is 3.76. The summed E-state index contributed by atoms with van der Waals surface area (Å²) >= 11 is 3.16. The maximum atomic E-state index is 5.67. The van der Waals surface area contributed by atoms with E-state index in [-0.39, 0.29) is 0 Å². The fraction of sp³-hybridized carbons (Fsp3) is 0.182. The molecule has 80 valence electrons. The van der Waals surface area contributed by atoms with E-state index < -0.39 is 0 Å². The maximum absolute atomic E-state index is 5.67. The summed E-state index contributed by atoms with van der Waals surface area (Å²) in [5.74, 6) is 0.454. The van der Waals surface area contributed by atoms with Crippen LogP contribution in [0.15, 0.2) is 46.5 Å². The van der Waals surface area contributed by atoms with Gasteiger partial charge in [-0.25, -0.2) is 0 Å². The lowest BCUT2D eigenvalue weighted by Crippen LogP contribution is -2.15. The van der Waals surface area contributed by atoms with Gasteiger partial charge in [0, 0.05) is 10.9 Å². The monoisotopic (exact) mass is 268 g/mol. The third-order valence-corrected chi connectivity index (χ3v) is 1.86. The van der Waals surface area contributed by atoms with Crippen molar-refractivity contribution < 1.29 is 4.84 Å². The summed E-state index contributed by atoms with van der Waals surface area (Å²) in [7, 11) is 0. The number of amidine groups is 1. The zero-order chi connectivity index (χ0) is 11.1. The van der Waals surface area contributed by atoms with E-state index in [2.05, 4.69) is 27.7 Å². The van der Waals surface area contributed by atoms with Crippen molar-refractivity contribution in [2.45, 2.75) is 6.42 Å². The molecule has 0 atom stereocenters. The second-order valence-corrected chi connectivity index (χ2v) is 4.16. The van der Waals surface area contributed by atoms with Gasteiger partial charge in [-0.3, -0.25) is 0 Å². The molecule has 0 aliphatic rings. The quantitative estimate of drug-likeness (QED) is 0.507. The van der Waals surface area contributed by atoms with E-state index in [1.807, 2.05) is 30.3 Å². The molecule has 1 rings (SSSR count). The average molecular weight is 269 g/mol. The van der Waals surface area contributed by atoms with Crippen molar-refractivity contribution in [3.05, 3.63) is 47.0 Å². The molecular weight excluding hydrogens is 256 g/mol. The fourth-order valence-corrected chi connectivity index (χ4v) is 1.12. The number of rotatable bonds is 5. The Balaban J connectivity index is 2.41. The van der Waals surface area contributed by atoms with Gasteiger partial charge in [0.25, 0.3) is 0 Å².